The SMILES string of the molecule is Clc1cc(Cl)cc(OC2CCCNCC2)c1. The molecule has 2 rings (SSSR count). The molecule has 0 saturated carbocycles. The first kappa shape index (κ1) is 12.0. The summed E-state index contributed by atoms with van der Waals surface area (Å²) in [5, 5.41) is 4.59. The Labute approximate surface area is 106 Å². The minimum Gasteiger partial charge on any atom is -0.490 e. The molecule has 1 aliphatic rings. The third-order valence-corrected chi connectivity index (χ3v) is 3.10. The lowest BCUT2D eigenvalue weighted by Crippen LogP contribution is -2.19. The van der Waals surface area contributed by atoms with E-state index in [1.165, 1.54) is 0 Å². The van der Waals surface area contributed by atoms with Crippen LogP contribution in [0.2, 0.25) is 10.0 Å². The van der Waals surface area contributed by atoms with Crippen LogP contribution in [0.15, 0.2) is 18.2 Å². The predicted octanol–water partition coefficient (Wildman–Crippen LogP) is 3.51. The minimum atomic E-state index is 0.268. The molecule has 0 amide bonds. The summed E-state index contributed by atoms with van der Waals surface area (Å²) in [7, 11) is 0. The van der Waals surface area contributed by atoms with Crippen LogP contribution in [0.4, 0.5) is 0 Å². The summed E-state index contributed by atoms with van der Waals surface area (Å²) in [6.07, 6.45) is 3.53. The molecule has 0 spiro atoms. The molecular formula is C12H15Cl2NO. The van der Waals surface area contributed by atoms with E-state index in [1.54, 1.807) is 6.07 Å². The highest BCUT2D eigenvalue weighted by molar-refractivity contribution is 6.34. The molecule has 0 bridgehead atoms. The molecule has 1 aromatic carbocycles. The van der Waals surface area contributed by atoms with Crippen LogP contribution < -0.4 is 10.1 Å². The highest BCUT2D eigenvalue weighted by Gasteiger charge is 2.13. The molecule has 1 aliphatic heterocycles. The second-order valence-corrected chi connectivity index (χ2v) is 4.90. The van der Waals surface area contributed by atoms with E-state index in [1.807, 2.05) is 12.1 Å². The topological polar surface area (TPSA) is 21.3 Å². The zero-order valence-electron chi connectivity index (χ0n) is 9.01. The van der Waals surface area contributed by atoms with Crippen molar-refractivity contribution in [2.24, 2.45) is 0 Å². The summed E-state index contributed by atoms with van der Waals surface area (Å²) in [5.74, 6) is 0.768. The predicted molar refractivity (Wildman–Crippen MR) is 67.6 cm³/mol. The standard InChI is InChI=1S/C12H15Cl2NO/c13-9-6-10(14)8-12(7-9)16-11-2-1-4-15-5-3-11/h6-8,11,15H,1-5H2. The molecule has 0 radical (unpaired) electrons. The molecule has 0 aliphatic carbocycles. The molecule has 4 heteroatoms. The average molecular weight is 260 g/mol. The Hall–Kier alpha value is -0.440. The van der Waals surface area contributed by atoms with Crippen molar-refractivity contribution < 1.29 is 4.74 Å². The minimum absolute atomic E-state index is 0.268. The van der Waals surface area contributed by atoms with E-state index in [0.717, 1.165) is 38.1 Å². The third-order valence-electron chi connectivity index (χ3n) is 2.66. The molecule has 1 heterocycles. The lowest BCUT2D eigenvalue weighted by molar-refractivity contribution is 0.187. The second kappa shape index (κ2) is 5.76. The molecule has 1 aromatic rings. The van der Waals surface area contributed by atoms with Gasteiger partial charge < -0.3 is 10.1 Å². The van der Waals surface area contributed by atoms with Crippen LogP contribution in [0, 0.1) is 0 Å². The normalized spacial score (nSPS) is 21.5. The molecule has 1 unspecified atom stereocenters. The zero-order chi connectivity index (χ0) is 11.4. The maximum absolute atomic E-state index is 5.92. The van der Waals surface area contributed by atoms with Gasteiger partial charge in [0.05, 0.1) is 6.10 Å². The Balaban J connectivity index is 2.01. The van der Waals surface area contributed by atoms with Crippen molar-refractivity contribution in [2.45, 2.75) is 25.4 Å². The quantitative estimate of drug-likeness (QED) is 0.878. The molecule has 1 saturated heterocycles. The van der Waals surface area contributed by atoms with Gasteiger partial charge in [0.25, 0.3) is 0 Å². The molecule has 1 fully saturated rings. The van der Waals surface area contributed by atoms with Gasteiger partial charge in [-0.15, -0.1) is 0 Å². The van der Waals surface area contributed by atoms with Crippen molar-refractivity contribution in [3.05, 3.63) is 28.2 Å². The first-order valence-corrected chi connectivity index (χ1v) is 6.33. The van der Waals surface area contributed by atoms with Crippen LogP contribution in [-0.4, -0.2) is 19.2 Å². The van der Waals surface area contributed by atoms with Crippen molar-refractivity contribution in [1.82, 2.24) is 5.32 Å². The second-order valence-electron chi connectivity index (χ2n) is 4.03. The van der Waals surface area contributed by atoms with E-state index >= 15 is 0 Å². The molecule has 2 nitrogen and oxygen atoms in total. The van der Waals surface area contributed by atoms with Gasteiger partial charge in [0.15, 0.2) is 0 Å². The number of hydrogen-bond donors (Lipinski definition) is 1. The smallest absolute Gasteiger partial charge is 0.122 e. The first-order valence-electron chi connectivity index (χ1n) is 5.57. The number of benzene rings is 1. The van der Waals surface area contributed by atoms with Gasteiger partial charge in [0.2, 0.25) is 0 Å². The highest BCUT2D eigenvalue weighted by Crippen LogP contribution is 2.26. The summed E-state index contributed by atoms with van der Waals surface area (Å²) in [4.78, 5) is 0. The lowest BCUT2D eigenvalue weighted by atomic mass is 10.1. The van der Waals surface area contributed by atoms with Crippen LogP contribution in [0.5, 0.6) is 5.75 Å². The number of nitrogens with one attached hydrogen (secondary N) is 1. The van der Waals surface area contributed by atoms with E-state index < -0.39 is 0 Å². The van der Waals surface area contributed by atoms with Gasteiger partial charge in [-0.1, -0.05) is 23.2 Å². The summed E-state index contributed by atoms with van der Waals surface area (Å²) in [6, 6.07) is 5.34. The van der Waals surface area contributed by atoms with Gasteiger partial charge >= 0.3 is 0 Å². The third kappa shape index (κ3) is 3.55. The fraction of sp³-hybridized carbons (Fsp3) is 0.500. The highest BCUT2D eigenvalue weighted by atomic mass is 35.5. The molecule has 1 atom stereocenters. The van der Waals surface area contributed by atoms with Gasteiger partial charge in [-0.2, -0.15) is 0 Å². The first-order chi connectivity index (χ1) is 7.74. The number of halogens is 2. The lowest BCUT2D eigenvalue weighted by Gasteiger charge is -2.17. The van der Waals surface area contributed by atoms with Crippen molar-refractivity contribution in [3.8, 4) is 5.75 Å². The van der Waals surface area contributed by atoms with Crippen LogP contribution >= 0.6 is 23.2 Å². The zero-order valence-corrected chi connectivity index (χ0v) is 10.5. The number of rotatable bonds is 2. The summed E-state index contributed by atoms with van der Waals surface area (Å²) >= 11 is 11.8. The summed E-state index contributed by atoms with van der Waals surface area (Å²) in [5.41, 5.74) is 0. The molecular weight excluding hydrogens is 245 g/mol. The van der Waals surface area contributed by atoms with Crippen molar-refractivity contribution >= 4 is 23.2 Å². The van der Waals surface area contributed by atoms with E-state index in [0.29, 0.717) is 10.0 Å². The Morgan fingerprint density at radius 2 is 1.81 bits per heavy atom. The Morgan fingerprint density at radius 1 is 1.06 bits per heavy atom. The Kier molecular flexibility index (Phi) is 4.33. The average Bonchev–Trinajstić information content (AvgIpc) is 2.44. The number of hydrogen-bond acceptors (Lipinski definition) is 2. The maximum Gasteiger partial charge on any atom is 0.122 e. The van der Waals surface area contributed by atoms with Gasteiger partial charge in [0.1, 0.15) is 5.75 Å². The number of ether oxygens (including phenoxy) is 1. The van der Waals surface area contributed by atoms with E-state index in [9.17, 15) is 0 Å². The van der Waals surface area contributed by atoms with E-state index in [4.69, 9.17) is 27.9 Å². The van der Waals surface area contributed by atoms with Crippen molar-refractivity contribution in [1.29, 1.82) is 0 Å². The fourth-order valence-electron chi connectivity index (χ4n) is 1.89. The van der Waals surface area contributed by atoms with E-state index in [-0.39, 0.29) is 6.10 Å². The van der Waals surface area contributed by atoms with Gasteiger partial charge in [-0.3, -0.25) is 0 Å². The monoisotopic (exact) mass is 259 g/mol. The van der Waals surface area contributed by atoms with Crippen molar-refractivity contribution in [2.75, 3.05) is 13.1 Å². The van der Waals surface area contributed by atoms with Crippen LogP contribution in [0.25, 0.3) is 0 Å². The molecule has 0 aromatic heterocycles. The van der Waals surface area contributed by atoms with Gasteiger partial charge in [-0.25, -0.2) is 0 Å². The van der Waals surface area contributed by atoms with Crippen molar-refractivity contribution in [3.63, 3.8) is 0 Å². The summed E-state index contributed by atoms with van der Waals surface area (Å²) in [6.45, 7) is 2.09. The Bertz CT molecular complexity index is 329. The van der Waals surface area contributed by atoms with Gasteiger partial charge in [-0.05, 0) is 50.6 Å². The van der Waals surface area contributed by atoms with Crippen LogP contribution in [0.1, 0.15) is 19.3 Å². The fourth-order valence-corrected chi connectivity index (χ4v) is 2.40. The molecule has 16 heavy (non-hydrogen) atoms. The van der Waals surface area contributed by atoms with Gasteiger partial charge in [0, 0.05) is 10.0 Å². The largest absolute Gasteiger partial charge is 0.490 e. The maximum atomic E-state index is 5.92. The van der Waals surface area contributed by atoms with Crippen LogP contribution in [0.3, 0.4) is 0 Å². The summed E-state index contributed by atoms with van der Waals surface area (Å²) < 4.78 is 5.89. The molecule has 1 N–H and O–H groups in total. The Morgan fingerprint density at radius 3 is 2.56 bits per heavy atom. The van der Waals surface area contributed by atoms with E-state index in [2.05, 4.69) is 5.32 Å². The molecule has 88 valence electrons. The van der Waals surface area contributed by atoms with Crippen LogP contribution in [-0.2, 0) is 0 Å².